The van der Waals surface area contributed by atoms with Crippen LogP contribution in [0.1, 0.15) is 71.6 Å². The molecule has 3 unspecified atom stereocenters. The van der Waals surface area contributed by atoms with Gasteiger partial charge in [-0.2, -0.15) is 5.10 Å². The molecule has 39 heavy (non-hydrogen) atoms. The van der Waals surface area contributed by atoms with Crippen LogP contribution in [0.15, 0.2) is 54.6 Å². The van der Waals surface area contributed by atoms with E-state index in [0.717, 1.165) is 29.8 Å². The van der Waals surface area contributed by atoms with Crippen LogP contribution in [0.25, 0.3) is 16.9 Å². The van der Waals surface area contributed by atoms with Gasteiger partial charge in [-0.25, -0.2) is 18.3 Å². The second-order valence-electron chi connectivity index (χ2n) is 10.9. The summed E-state index contributed by atoms with van der Waals surface area (Å²) in [5.41, 5.74) is 4.52. The molecule has 3 aliphatic rings. The Morgan fingerprint density at radius 2 is 1.82 bits per heavy atom. The molecular weight excluding hydrogens is 500 g/mol. The lowest BCUT2D eigenvalue weighted by atomic mass is 9.92. The van der Waals surface area contributed by atoms with Gasteiger partial charge in [0, 0.05) is 42.0 Å². The van der Waals surface area contributed by atoms with Crippen molar-refractivity contribution in [2.45, 2.75) is 50.4 Å². The third-order valence-electron chi connectivity index (χ3n) is 8.30. The topological polar surface area (TPSA) is 74.0 Å². The van der Waals surface area contributed by atoms with E-state index in [4.69, 9.17) is 0 Å². The number of aliphatic hydroxyl groups is 1. The fraction of sp³-hybridized carbons (Fsp3) is 0.367. The average Bonchev–Trinajstić information content (AvgIpc) is 3.55. The van der Waals surface area contributed by atoms with Crippen molar-refractivity contribution in [2.75, 3.05) is 24.5 Å². The number of anilines is 1. The van der Waals surface area contributed by atoms with E-state index in [-0.39, 0.29) is 30.1 Å². The minimum absolute atomic E-state index is 0.0290. The van der Waals surface area contributed by atoms with Gasteiger partial charge in [-0.1, -0.05) is 24.3 Å². The summed E-state index contributed by atoms with van der Waals surface area (Å²) in [6, 6.07) is 15.5. The molecule has 0 spiro atoms. The predicted octanol–water partition coefficient (Wildman–Crippen LogP) is 5.21. The second-order valence-corrected chi connectivity index (χ2v) is 10.9. The molecule has 1 aliphatic carbocycles. The van der Waals surface area contributed by atoms with E-state index < -0.39 is 18.1 Å². The Morgan fingerprint density at radius 1 is 1.03 bits per heavy atom. The Bertz CT molecular complexity index is 1600. The number of rotatable bonds is 4. The number of hydrogen-bond donors (Lipinski definition) is 1. The van der Waals surface area contributed by atoms with Gasteiger partial charge in [0.1, 0.15) is 17.7 Å². The van der Waals surface area contributed by atoms with Crippen molar-refractivity contribution in [3.05, 3.63) is 82.9 Å². The van der Waals surface area contributed by atoms with Crippen molar-refractivity contribution in [1.82, 2.24) is 19.5 Å². The standard InChI is InChI=1S/C30H29F2N5O2/c1-17-21-4-2-3-5-22(21)25(32)16-36(17)30(39)27-13-28(18-6-7-18)37-29(33-27)14-26(34-37)23-9-8-19(12-24(23)31)35-11-10-20(38)15-35/h2-5,8-9,12-14,17-18,20,25,38H,6-7,10-11,15-16H2,1H3. The number of carbonyl (C=O) groups excluding carboxylic acids is 1. The summed E-state index contributed by atoms with van der Waals surface area (Å²) in [5.74, 6) is -0.483. The Morgan fingerprint density at radius 3 is 2.54 bits per heavy atom. The maximum atomic E-state index is 15.3. The number of aliphatic hydroxyl groups excluding tert-OH is 1. The van der Waals surface area contributed by atoms with Crippen molar-refractivity contribution >= 4 is 17.2 Å². The summed E-state index contributed by atoms with van der Waals surface area (Å²) >= 11 is 0. The van der Waals surface area contributed by atoms with Gasteiger partial charge >= 0.3 is 0 Å². The molecule has 1 saturated heterocycles. The van der Waals surface area contributed by atoms with Crippen molar-refractivity contribution < 1.29 is 18.7 Å². The summed E-state index contributed by atoms with van der Waals surface area (Å²) in [6.07, 6.45) is 0.971. The van der Waals surface area contributed by atoms with Crippen LogP contribution in [0.4, 0.5) is 14.5 Å². The molecule has 3 atom stereocenters. The molecule has 0 radical (unpaired) electrons. The van der Waals surface area contributed by atoms with Gasteiger partial charge in [0.15, 0.2) is 5.65 Å². The number of nitrogens with zero attached hydrogens (tertiary/aromatic N) is 5. The summed E-state index contributed by atoms with van der Waals surface area (Å²) in [5, 5.41) is 14.5. The lowest BCUT2D eigenvalue weighted by Crippen LogP contribution is -2.40. The highest BCUT2D eigenvalue weighted by Gasteiger charge is 2.36. The fourth-order valence-electron chi connectivity index (χ4n) is 5.97. The van der Waals surface area contributed by atoms with Gasteiger partial charge < -0.3 is 14.9 Å². The van der Waals surface area contributed by atoms with E-state index in [2.05, 4.69) is 10.1 Å². The Balaban J connectivity index is 1.24. The van der Waals surface area contributed by atoms with Gasteiger partial charge in [0.05, 0.1) is 24.4 Å². The lowest BCUT2D eigenvalue weighted by molar-refractivity contribution is 0.0585. The van der Waals surface area contributed by atoms with Crippen LogP contribution in [0.5, 0.6) is 0 Å². The molecule has 2 aliphatic heterocycles. The van der Waals surface area contributed by atoms with E-state index >= 15 is 8.78 Å². The molecule has 7 rings (SSSR count). The van der Waals surface area contributed by atoms with Crippen LogP contribution in [-0.4, -0.2) is 56.2 Å². The van der Waals surface area contributed by atoms with Crippen LogP contribution in [0, 0.1) is 5.82 Å². The third kappa shape index (κ3) is 4.16. The molecule has 4 aromatic rings. The fourth-order valence-corrected chi connectivity index (χ4v) is 5.97. The van der Waals surface area contributed by atoms with Gasteiger partial charge in [-0.15, -0.1) is 0 Å². The number of hydrogen-bond acceptors (Lipinski definition) is 5. The molecule has 1 amide bonds. The van der Waals surface area contributed by atoms with Crippen LogP contribution in [0.2, 0.25) is 0 Å². The number of benzene rings is 2. The van der Waals surface area contributed by atoms with Crippen molar-refractivity contribution in [3.8, 4) is 11.3 Å². The first-order chi connectivity index (χ1) is 18.9. The largest absolute Gasteiger partial charge is 0.391 e. The molecule has 1 saturated carbocycles. The predicted molar refractivity (Wildman–Crippen MR) is 143 cm³/mol. The first-order valence-electron chi connectivity index (χ1n) is 13.5. The molecule has 1 N–H and O–H groups in total. The highest BCUT2D eigenvalue weighted by atomic mass is 19.1. The minimum Gasteiger partial charge on any atom is -0.391 e. The zero-order valence-corrected chi connectivity index (χ0v) is 21.6. The Hall–Kier alpha value is -3.85. The monoisotopic (exact) mass is 529 g/mol. The maximum Gasteiger partial charge on any atom is 0.273 e. The second kappa shape index (κ2) is 9.12. The zero-order valence-electron chi connectivity index (χ0n) is 21.6. The molecule has 0 bridgehead atoms. The number of halogens is 2. The molecule has 9 heteroatoms. The van der Waals surface area contributed by atoms with Gasteiger partial charge in [0.25, 0.3) is 5.91 Å². The quantitative estimate of drug-likeness (QED) is 0.393. The highest BCUT2D eigenvalue weighted by molar-refractivity contribution is 5.93. The van der Waals surface area contributed by atoms with Gasteiger partial charge in [-0.3, -0.25) is 4.79 Å². The lowest BCUT2D eigenvalue weighted by Gasteiger charge is -2.36. The Kier molecular flexibility index (Phi) is 5.66. The molecule has 2 aromatic carbocycles. The molecule has 2 aromatic heterocycles. The van der Waals surface area contributed by atoms with E-state index in [9.17, 15) is 9.90 Å². The van der Waals surface area contributed by atoms with E-state index in [1.165, 1.54) is 6.07 Å². The van der Waals surface area contributed by atoms with E-state index in [1.807, 2.05) is 36.1 Å². The summed E-state index contributed by atoms with van der Waals surface area (Å²) in [6.45, 7) is 3.06. The summed E-state index contributed by atoms with van der Waals surface area (Å²) in [7, 11) is 0. The number of aromatic nitrogens is 3. The molecule has 200 valence electrons. The maximum absolute atomic E-state index is 15.3. The molecular formula is C30H29F2N5O2. The van der Waals surface area contributed by atoms with Crippen molar-refractivity contribution in [2.24, 2.45) is 0 Å². The normalized spacial score (nSPS) is 22.9. The number of β-amino-alcohol motifs (C(OH)–C–C–N with tert-alkyl or cyclic N) is 1. The smallest absolute Gasteiger partial charge is 0.273 e. The Labute approximate surface area is 224 Å². The van der Waals surface area contributed by atoms with Gasteiger partial charge in [0.2, 0.25) is 0 Å². The number of amides is 1. The zero-order chi connectivity index (χ0) is 26.8. The highest BCUT2D eigenvalue weighted by Crippen LogP contribution is 2.42. The van der Waals surface area contributed by atoms with Gasteiger partial charge in [-0.05, 0) is 61.6 Å². The molecule has 7 nitrogen and oxygen atoms in total. The van der Waals surface area contributed by atoms with E-state index in [1.54, 1.807) is 33.7 Å². The van der Waals surface area contributed by atoms with Crippen LogP contribution < -0.4 is 4.90 Å². The van der Waals surface area contributed by atoms with Crippen LogP contribution >= 0.6 is 0 Å². The first kappa shape index (κ1) is 24.2. The molecule has 2 fully saturated rings. The summed E-state index contributed by atoms with van der Waals surface area (Å²) < 4.78 is 32.0. The van der Waals surface area contributed by atoms with Crippen molar-refractivity contribution in [1.29, 1.82) is 0 Å². The first-order valence-corrected chi connectivity index (χ1v) is 13.5. The number of carbonyl (C=O) groups is 1. The number of alkyl halides is 1. The summed E-state index contributed by atoms with van der Waals surface area (Å²) in [4.78, 5) is 21.9. The number of fused-ring (bicyclic) bond motifs is 2. The molecule has 4 heterocycles. The minimum atomic E-state index is -1.26. The van der Waals surface area contributed by atoms with Crippen LogP contribution in [0.3, 0.4) is 0 Å². The van der Waals surface area contributed by atoms with Crippen molar-refractivity contribution in [3.63, 3.8) is 0 Å². The third-order valence-corrected chi connectivity index (χ3v) is 8.30. The average molecular weight is 530 g/mol. The van der Waals surface area contributed by atoms with E-state index in [0.29, 0.717) is 42.0 Å². The SMILES string of the molecule is CC1c2ccccc2C(F)CN1C(=O)c1cc(C2CC2)n2nc(-c3ccc(N4CCC(O)C4)cc3F)cc2n1. The van der Waals surface area contributed by atoms with Crippen LogP contribution in [-0.2, 0) is 0 Å².